The number of aryl methyl sites for hydroxylation is 3. The summed E-state index contributed by atoms with van der Waals surface area (Å²) in [5.41, 5.74) is 4.37. The lowest BCUT2D eigenvalue weighted by molar-refractivity contribution is 1.35. The third kappa shape index (κ3) is 2.32. The Morgan fingerprint density at radius 1 is 1.09 bits per heavy atom. The van der Waals surface area contributed by atoms with Gasteiger partial charge in [0.05, 0.1) is 0 Å². The van der Waals surface area contributed by atoms with Gasteiger partial charge in [-0.1, -0.05) is 28.8 Å². The molecule has 56 valence electrons. The van der Waals surface area contributed by atoms with E-state index in [0.29, 0.717) is 0 Å². The minimum absolute atomic E-state index is 0.0126. The van der Waals surface area contributed by atoms with Crippen LogP contribution < -0.4 is 3.69 Å². The molecule has 0 atom stereocenters. The molecule has 0 nitrogen and oxygen atoms in total. The summed E-state index contributed by atoms with van der Waals surface area (Å²) < 4.78 is 1.64. The standard InChI is InChI=1S/C9H11.HI.Mg/c1-7-4-8(2)6-9(3)5-7;;/h4-5H,1-3H3;1H;/q;;+1/p-1. The molecule has 0 saturated carbocycles. The molecule has 0 aliphatic carbocycles. The number of halogens is 1. The summed E-state index contributed by atoms with van der Waals surface area (Å²) in [6, 6.07) is 4.57. The summed E-state index contributed by atoms with van der Waals surface area (Å²) in [4.78, 5) is 0. The van der Waals surface area contributed by atoms with Gasteiger partial charge in [-0.2, -0.15) is 0 Å². The van der Waals surface area contributed by atoms with Crippen molar-refractivity contribution >= 4 is 39.0 Å². The van der Waals surface area contributed by atoms with E-state index in [1.165, 1.54) is 16.7 Å². The summed E-state index contributed by atoms with van der Waals surface area (Å²) in [6.45, 7) is 6.61. The molecule has 0 unspecified atom stereocenters. The molecule has 0 saturated heterocycles. The van der Waals surface area contributed by atoms with E-state index < -0.39 is 0 Å². The Hall–Kier alpha value is 0.716. The van der Waals surface area contributed by atoms with Gasteiger partial charge in [-0.3, -0.25) is 18.9 Å². The smallest absolute Gasteiger partial charge is 0.291 e. The lowest BCUT2D eigenvalue weighted by Crippen LogP contribution is -2.16. The van der Waals surface area contributed by atoms with E-state index in [4.69, 9.17) is 0 Å². The van der Waals surface area contributed by atoms with Crippen LogP contribution in [0, 0.1) is 20.8 Å². The molecule has 0 amide bonds. The predicted octanol–water partition coefficient (Wildman–Crippen LogP) is 2.29. The van der Waals surface area contributed by atoms with Crippen molar-refractivity contribution < 1.29 is 0 Å². The maximum absolute atomic E-state index is 2.56. The zero-order valence-electron chi connectivity index (χ0n) is 7.24. The zero-order chi connectivity index (χ0) is 8.43. The third-order valence-electron chi connectivity index (χ3n) is 1.97. The van der Waals surface area contributed by atoms with Crippen LogP contribution in [0.5, 0.6) is 0 Å². The van der Waals surface area contributed by atoms with E-state index in [1.807, 2.05) is 0 Å². The maximum Gasteiger partial charge on any atom is 0.503 e. The summed E-state index contributed by atoms with van der Waals surface area (Å²) in [5, 5.41) is 0. The van der Waals surface area contributed by atoms with Gasteiger partial charge < -0.3 is 0 Å². The lowest BCUT2D eigenvalue weighted by Gasteiger charge is -2.08. The van der Waals surface area contributed by atoms with Crippen molar-refractivity contribution in [1.82, 2.24) is 0 Å². The van der Waals surface area contributed by atoms with Crippen molar-refractivity contribution in [2.75, 3.05) is 0 Å². The number of hydrogen-bond donors (Lipinski definition) is 0. The highest BCUT2D eigenvalue weighted by Crippen LogP contribution is 2.05. The topological polar surface area (TPSA) is 0 Å². The summed E-state index contributed by atoms with van der Waals surface area (Å²) >= 11 is 2.54. The lowest BCUT2D eigenvalue weighted by atomic mass is 10.1. The molecular formula is C9H11IMg. The van der Waals surface area contributed by atoms with E-state index >= 15 is 0 Å². The molecule has 1 aromatic rings. The van der Waals surface area contributed by atoms with Crippen LogP contribution in [0.3, 0.4) is 0 Å². The first-order chi connectivity index (χ1) is 5.15. The first kappa shape index (κ1) is 9.80. The zero-order valence-corrected chi connectivity index (χ0v) is 10.8. The molecule has 0 aliphatic rings. The van der Waals surface area contributed by atoms with Gasteiger partial charge >= 0.3 is 16.5 Å². The van der Waals surface area contributed by atoms with Crippen LogP contribution in [0.1, 0.15) is 16.7 Å². The average molecular weight is 270 g/mol. The van der Waals surface area contributed by atoms with Crippen molar-refractivity contribution in [3.05, 3.63) is 28.8 Å². The Bertz CT molecular complexity index is 245. The quantitative estimate of drug-likeness (QED) is 0.542. The van der Waals surface area contributed by atoms with Crippen LogP contribution in [-0.2, 0) is 0 Å². The fourth-order valence-electron chi connectivity index (χ4n) is 1.42. The van der Waals surface area contributed by atoms with E-state index in [0.717, 1.165) is 0 Å². The Morgan fingerprint density at radius 3 is 1.91 bits per heavy atom. The fourth-order valence-corrected chi connectivity index (χ4v) is 5.66. The Morgan fingerprint density at radius 2 is 1.55 bits per heavy atom. The van der Waals surface area contributed by atoms with Crippen molar-refractivity contribution in [1.29, 1.82) is 0 Å². The molecule has 0 aliphatic heterocycles. The summed E-state index contributed by atoms with van der Waals surface area (Å²) in [7, 11) is 0. The number of benzene rings is 1. The Labute approximate surface area is 87.9 Å². The van der Waals surface area contributed by atoms with Crippen molar-refractivity contribution in [2.45, 2.75) is 20.8 Å². The van der Waals surface area contributed by atoms with Gasteiger partial charge in [0.15, 0.2) is 0 Å². The van der Waals surface area contributed by atoms with Gasteiger partial charge in [0, 0.05) is 0 Å². The van der Waals surface area contributed by atoms with Crippen molar-refractivity contribution in [3.63, 3.8) is 0 Å². The van der Waals surface area contributed by atoms with Gasteiger partial charge in [0.2, 0.25) is 0 Å². The summed E-state index contributed by atoms with van der Waals surface area (Å²) in [6.07, 6.45) is 0. The Balaban J connectivity index is 3.25. The molecule has 0 radical (unpaired) electrons. The van der Waals surface area contributed by atoms with Crippen molar-refractivity contribution in [3.8, 4) is 0 Å². The molecule has 0 aromatic heterocycles. The first-order valence-electron chi connectivity index (χ1n) is 3.78. The first-order valence-corrected chi connectivity index (χ1v) is 9.59. The van der Waals surface area contributed by atoms with Crippen LogP contribution in [-0.4, -0.2) is 16.5 Å². The minimum Gasteiger partial charge on any atom is -0.291 e. The largest absolute Gasteiger partial charge is 0.503 e. The van der Waals surface area contributed by atoms with Crippen LogP contribution >= 0.6 is 18.9 Å². The monoisotopic (exact) mass is 270 g/mol. The fraction of sp³-hybridized carbons (Fsp3) is 0.333. The van der Waals surface area contributed by atoms with E-state index in [9.17, 15) is 0 Å². The van der Waals surface area contributed by atoms with Gasteiger partial charge in [-0.15, -0.1) is 3.69 Å². The van der Waals surface area contributed by atoms with E-state index in [1.54, 1.807) is 3.69 Å². The van der Waals surface area contributed by atoms with Crippen LogP contribution in [0.15, 0.2) is 12.1 Å². The minimum atomic E-state index is -0.0126. The van der Waals surface area contributed by atoms with E-state index in [-0.39, 0.29) is 16.5 Å². The van der Waals surface area contributed by atoms with Gasteiger partial charge in [-0.25, -0.2) is 0 Å². The number of rotatable bonds is 1. The molecule has 0 fully saturated rings. The van der Waals surface area contributed by atoms with Gasteiger partial charge in [-0.05, 0) is 20.8 Å². The highest BCUT2D eigenvalue weighted by Gasteiger charge is 2.03. The molecule has 11 heavy (non-hydrogen) atoms. The molecular weight excluding hydrogens is 259 g/mol. The third-order valence-corrected chi connectivity index (χ3v) is 5.64. The molecule has 0 heterocycles. The van der Waals surface area contributed by atoms with Gasteiger partial charge in [0.25, 0.3) is 0 Å². The second kappa shape index (κ2) is 4.10. The Kier molecular flexibility index (Phi) is 3.65. The maximum atomic E-state index is 2.56. The average Bonchev–Trinajstić information content (AvgIpc) is 1.85. The molecule has 0 bridgehead atoms. The number of hydrogen-bond acceptors (Lipinski definition) is 0. The van der Waals surface area contributed by atoms with Crippen LogP contribution in [0.4, 0.5) is 0 Å². The normalized spacial score (nSPS) is 9.45. The van der Waals surface area contributed by atoms with Crippen LogP contribution in [0.25, 0.3) is 0 Å². The van der Waals surface area contributed by atoms with Crippen molar-refractivity contribution in [2.24, 2.45) is 0 Å². The highest BCUT2D eigenvalue weighted by molar-refractivity contribution is 14.1. The molecule has 0 spiro atoms. The molecule has 1 rings (SSSR count). The molecule has 0 N–H and O–H groups in total. The van der Waals surface area contributed by atoms with Gasteiger partial charge in [0.1, 0.15) is 0 Å². The van der Waals surface area contributed by atoms with Crippen LogP contribution in [0.2, 0.25) is 0 Å². The predicted molar refractivity (Wildman–Crippen MR) is 60.1 cm³/mol. The van der Waals surface area contributed by atoms with E-state index in [2.05, 4.69) is 51.8 Å². The second-order valence-corrected chi connectivity index (χ2v) is 6.27. The summed E-state index contributed by atoms with van der Waals surface area (Å²) in [5.74, 6) is 0. The second-order valence-electron chi connectivity index (χ2n) is 3.01. The SMILES string of the molecule is Cc1cc(C)[c]([Mg][I])c(C)c1. The highest BCUT2D eigenvalue weighted by atomic mass is 127. The molecule has 2 heteroatoms. The molecule has 1 aromatic carbocycles.